The molecule has 1 amide bonds. The molecule has 23 heavy (non-hydrogen) atoms. The molecule has 3 rings (SSSR count). The molecule has 0 unspecified atom stereocenters. The van der Waals surface area contributed by atoms with Crippen LogP contribution in [0.25, 0.3) is 5.69 Å². The number of carbonyl (C=O) groups is 1. The van der Waals surface area contributed by atoms with E-state index >= 15 is 0 Å². The van der Waals surface area contributed by atoms with Crippen LogP contribution in [0.1, 0.15) is 5.56 Å². The van der Waals surface area contributed by atoms with Gasteiger partial charge in [-0.25, -0.2) is 0 Å². The Labute approximate surface area is 139 Å². The van der Waals surface area contributed by atoms with Gasteiger partial charge < -0.3 is 15.0 Å². The van der Waals surface area contributed by atoms with Crippen molar-refractivity contribution in [3.63, 3.8) is 0 Å². The normalized spacial score (nSPS) is 10.5. The molecule has 1 aromatic heterocycles. The van der Waals surface area contributed by atoms with Crippen LogP contribution >= 0.6 is 11.6 Å². The molecular formula is C18H15ClN2O2. The third-order valence-electron chi connectivity index (χ3n) is 3.44. The number of nitrogens with one attached hydrogen (secondary N) is 1. The van der Waals surface area contributed by atoms with Crippen molar-refractivity contribution in [2.24, 2.45) is 0 Å². The lowest BCUT2D eigenvalue weighted by Crippen LogP contribution is -2.14. The summed E-state index contributed by atoms with van der Waals surface area (Å²) in [7, 11) is 0. The number of hydrogen-bond acceptors (Lipinski definition) is 2. The first-order valence-corrected chi connectivity index (χ1v) is 7.50. The Hall–Kier alpha value is -2.72. The molecule has 0 aliphatic heterocycles. The zero-order valence-electron chi connectivity index (χ0n) is 12.2. The Morgan fingerprint density at radius 1 is 1.09 bits per heavy atom. The van der Waals surface area contributed by atoms with E-state index in [2.05, 4.69) is 5.32 Å². The monoisotopic (exact) mass is 326 g/mol. The standard InChI is InChI=1S/C18H15ClN2O2/c19-14-5-8-17(22)16(12-14)20-18(23)11-13-3-6-15(7-4-13)21-9-1-2-10-21/h1-10,12,22H,11H2,(H,20,23). The molecule has 2 N–H and O–H groups in total. The van der Waals surface area contributed by atoms with Gasteiger partial charge in [-0.15, -0.1) is 0 Å². The van der Waals surface area contributed by atoms with Crippen molar-refractivity contribution in [3.8, 4) is 11.4 Å². The summed E-state index contributed by atoms with van der Waals surface area (Å²) in [6, 6.07) is 16.2. The van der Waals surface area contributed by atoms with Gasteiger partial charge in [-0.3, -0.25) is 4.79 Å². The number of halogens is 1. The maximum absolute atomic E-state index is 12.1. The van der Waals surface area contributed by atoms with E-state index in [-0.39, 0.29) is 18.1 Å². The number of nitrogens with zero attached hydrogens (tertiary/aromatic N) is 1. The van der Waals surface area contributed by atoms with Crippen molar-refractivity contribution in [2.45, 2.75) is 6.42 Å². The van der Waals surface area contributed by atoms with Crippen LogP contribution in [-0.4, -0.2) is 15.6 Å². The maximum Gasteiger partial charge on any atom is 0.228 e. The minimum absolute atomic E-state index is 0.00861. The number of aromatic hydroxyl groups is 1. The van der Waals surface area contributed by atoms with Crippen LogP contribution in [0, 0.1) is 0 Å². The highest BCUT2D eigenvalue weighted by atomic mass is 35.5. The highest BCUT2D eigenvalue weighted by Gasteiger charge is 2.08. The molecule has 3 aromatic rings. The van der Waals surface area contributed by atoms with E-state index in [1.54, 1.807) is 6.07 Å². The number of anilines is 1. The molecule has 0 aliphatic carbocycles. The van der Waals surface area contributed by atoms with Crippen LogP contribution in [0.4, 0.5) is 5.69 Å². The topological polar surface area (TPSA) is 54.3 Å². The second-order valence-corrected chi connectivity index (χ2v) is 5.58. The number of carbonyl (C=O) groups excluding carboxylic acids is 1. The number of benzene rings is 2. The Balaban J connectivity index is 1.67. The summed E-state index contributed by atoms with van der Waals surface area (Å²) >= 11 is 5.86. The predicted octanol–water partition coefficient (Wildman–Crippen LogP) is 4.02. The Morgan fingerprint density at radius 3 is 2.48 bits per heavy atom. The van der Waals surface area contributed by atoms with Crippen molar-refractivity contribution < 1.29 is 9.90 Å². The van der Waals surface area contributed by atoms with Crippen LogP contribution in [0.15, 0.2) is 67.0 Å². The van der Waals surface area contributed by atoms with Gasteiger partial charge in [0.15, 0.2) is 0 Å². The first-order valence-electron chi connectivity index (χ1n) is 7.12. The number of rotatable bonds is 4. The van der Waals surface area contributed by atoms with Gasteiger partial charge in [0.25, 0.3) is 0 Å². The second-order valence-electron chi connectivity index (χ2n) is 5.14. The minimum atomic E-state index is -0.212. The fraction of sp³-hybridized carbons (Fsp3) is 0.0556. The van der Waals surface area contributed by atoms with Crippen LogP contribution in [0.3, 0.4) is 0 Å². The van der Waals surface area contributed by atoms with Gasteiger partial charge in [-0.2, -0.15) is 0 Å². The summed E-state index contributed by atoms with van der Waals surface area (Å²) in [6.07, 6.45) is 4.14. The highest BCUT2D eigenvalue weighted by Crippen LogP contribution is 2.26. The van der Waals surface area contributed by atoms with Crippen molar-refractivity contribution in [3.05, 3.63) is 77.6 Å². The second kappa shape index (κ2) is 6.58. The van der Waals surface area contributed by atoms with Crippen LogP contribution < -0.4 is 5.32 Å². The smallest absolute Gasteiger partial charge is 0.228 e. The molecular weight excluding hydrogens is 312 g/mol. The molecule has 0 saturated heterocycles. The fourth-order valence-electron chi connectivity index (χ4n) is 2.28. The molecule has 5 heteroatoms. The predicted molar refractivity (Wildman–Crippen MR) is 91.2 cm³/mol. The fourth-order valence-corrected chi connectivity index (χ4v) is 2.45. The summed E-state index contributed by atoms with van der Waals surface area (Å²) in [6.45, 7) is 0. The molecule has 0 aliphatic rings. The van der Waals surface area contributed by atoms with Gasteiger partial charge in [0, 0.05) is 23.1 Å². The van der Waals surface area contributed by atoms with Crippen molar-refractivity contribution in [2.75, 3.05) is 5.32 Å². The Morgan fingerprint density at radius 2 is 1.78 bits per heavy atom. The average molecular weight is 327 g/mol. The molecule has 116 valence electrons. The van der Waals surface area contributed by atoms with Gasteiger partial charge in [-0.05, 0) is 48.0 Å². The SMILES string of the molecule is O=C(Cc1ccc(-n2cccc2)cc1)Nc1cc(Cl)ccc1O. The molecule has 0 fully saturated rings. The molecule has 0 atom stereocenters. The summed E-state index contributed by atoms with van der Waals surface area (Å²) in [4.78, 5) is 12.1. The number of aromatic nitrogens is 1. The van der Waals surface area contributed by atoms with Crippen LogP contribution in [0.2, 0.25) is 5.02 Å². The molecule has 1 heterocycles. The average Bonchev–Trinajstić information content (AvgIpc) is 3.06. The molecule has 4 nitrogen and oxygen atoms in total. The van der Waals surface area contributed by atoms with E-state index in [1.165, 1.54) is 12.1 Å². The molecule has 0 saturated carbocycles. The van der Waals surface area contributed by atoms with Crippen LogP contribution in [-0.2, 0) is 11.2 Å². The minimum Gasteiger partial charge on any atom is -0.506 e. The summed E-state index contributed by atoms with van der Waals surface area (Å²) < 4.78 is 1.99. The van der Waals surface area contributed by atoms with Crippen LogP contribution in [0.5, 0.6) is 5.75 Å². The third-order valence-corrected chi connectivity index (χ3v) is 3.67. The van der Waals surface area contributed by atoms with E-state index in [0.717, 1.165) is 11.3 Å². The van der Waals surface area contributed by atoms with Gasteiger partial charge in [-0.1, -0.05) is 23.7 Å². The lowest BCUT2D eigenvalue weighted by Gasteiger charge is -2.08. The Kier molecular flexibility index (Phi) is 4.35. The highest BCUT2D eigenvalue weighted by molar-refractivity contribution is 6.31. The Bertz CT molecular complexity index is 812. The van der Waals surface area contributed by atoms with E-state index < -0.39 is 0 Å². The molecule has 0 spiro atoms. The van der Waals surface area contributed by atoms with Gasteiger partial charge in [0.2, 0.25) is 5.91 Å². The molecule has 0 radical (unpaired) electrons. The van der Waals surface area contributed by atoms with Gasteiger partial charge >= 0.3 is 0 Å². The molecule has 0 bridgehead atoms. The maximum atomic E-state index is 12.1. The number of hydrogen-bond donors (Lipinski definition) is 2. The first kappa shape index (κ1) is 15.2. The van der Waals surface area contributed by atoms with Crippen molar-refractivity contribution in [1.29, 1.82) is 0 Å². The van der Waals surface area contributed by atoms with E-state index in [0.29, 0.717) is 10.7 Å². The van der Waals surface area contributed by atoms with Crippen molar-refractivity contribution >= 4 is 23.2 Å². The third kappa shape index (κ3) is 3.73. The van der Waals surface area contributed by atoms with Gasteiger partial charge in [0.05, 0.1) is 12.1 Å². The first-order chi connectivity index (χ1) is 11.1. The summed E-state index contributed by atoms with van der Waals surface area (Å²) in [5, 5.41) is 12.8. The van der Waals surface area contributed by atoms with E-state index in [1.807, 2.05) is 53.4 Å². The largest absolute Gasteiger partial charge is 0.506 e. The molecule has 2 aromatic carbocycles. The number of amides is 1. The van der Waals surface area contributed by atoms with E-state index in [9.17, 15) is 9.90 Å². The zero-order valence-corrected chi connectivity index (χ0v) is 13.0. The van der Waals surface area contributed by atoms with Gasteiger partial charge in [0.1, 0.15) is 5.75 Å². The lowest BCUT2D eigenvalue weighted by atomic mass is 10.1. The van der Waals surface area contributed by atoms with Crippen molar-refractivity contribution in [1.82, 2.24) is 4.57 Å². The summed E-state index contributed by atoms with van der Waals surface area (Å²) in [5.41, 5.74) is 2.23. The zero-order chi connectivity index (χ0) is 16.2. The summed E-state index contributed by atoms with van der Waals surface area (Å²) in [5.74, 6) is -0.220. The number of phenolic OH excluding ortho intramolecular Hbond substituents is 1. The quantitative estimate of drug-likeness (QED) is 0.711. The number of phenols is 1. The van der Waals surface area contributed by atoms with E-state index in [4.69, 9.17) is 11.6 Å². The lowest BCUT2D eigenvalue weighted by molar-refractivity contribution is -0.115.